The summed E-state index contributed by atoms with van der Waals surface area (Å²) in [6.45, 7) is 4.43. The van der Waals surface area contributed by atoms with Crippen LogP contribution in [-0.4, -0.2) is 11.3 Å². The first kappa shape index (κ1) is 23.5. The van der Waals surface area contributed by atoms with Gasteiger partial charge in [-0.2, -0.15) is 0 Å². The Morgan fingerprint density at radius 3 is 1.90 bits per heavy atom. The van der Waals surface area contributed by atoms with Crippen molar-refractivity contribution < 1.29 is 4.74 Å². The highest BCUT2D eigenvalue weighted by Gasteiger charge is 2.42. The van der Waals surface area contributed by atoms with E-state index in [4.69, 9.17) is 4.74 Å². The Morgan fingerprint density at radius 1 is 0.524 bits per heavy atom. The minimum Gasteiger partial charge on any atom is -0.458 e. The van der Waals surface area contributed by atoms with E-state index in [1.54, 1.807) is 0 Å². The molecule has 0 spiro atoms. The van der Waals surface area contributed by atoms with Crippen molar-refractivity contribution in [2.75, 3.05) is 4.90 Å². The van der Waals surface area contributed by atoms with Crippen molar-refractivity contribution >= 4 is 62.0 Å². The highest BCUT2D eigenvalue weighted by molar-refractivity contribution is 6.99. The molecule has 0 saturated carbocycles. The molecule has 4 heteroatoms. The van der Waals surface area contributed by atoms with Gasteiger partial charge in [0, 0.05) is 33.9 Å². The number of aryl methyl sites for hydroxylation is 2. The Bertz CT molecular complexity index is 2160. The second-order valence-corrected chi connectivity index (χ2v) is 11.6. The number of fused-ring (bicyclic) bond motifs is 7. The molecule has 198 valence electrons. The summed E-state index contributed by atoms with van der Waals surface area (Å²) in [5, 5.41) is 2.55. The van der Waals surface area contributed by atoms with E-state index in [-0.39, 0.29) is 6.71 Å². The SMILES string of the molecule is Cc1ccc2c(c1)c1cc(C)ccc1n2-c1cc2c3c(c1)N(c1ccccc1)c1ccccc1B3c1ccccc1O2. The van der Waals surface area contributed by atoms with Crippen LogP contribution < -0.4 is 26.0 Å². The first-order chi connectivity index (χ1) is 20.7. The van der Waals surface area contributed by atoms with Gasteiger partial charge in [-0.1, -0.05) is 77.9 Å². The molecule has 3 nitrogen and oxygen atoms in total. The third-order valence-corrected chi connectivity index (χ3v) is 8.92. The van der Waals surface area contributed by atoms with Crippen LogP contribution in [0, 0.1) is 13.8 Å². The van der Waals surface area contributed by atoms with Crippen molar-refractivity contribution in [2.24, 2.45) is 0 Å². The number of para-hydroxylation sites is 3. The summed E-state index contributed by atoms with van der Waals surface area (Å²) in [5.41, 5.74) is 13.2. The molecule has 2 aliphatic rings. The predicted molar refractivity (Wildman–Crippen MR) is 176 cm³/mol. The molecule has 6 aromatic carbocycles. The van der Waals surface area contributed by atoms with Crippen LogP contribution in [0.4, 0.5) is 17.1 Å². The van der Waals surface area contributed by atoms with E-state index in [1.165, 1.54) is 55.0 Å². The van der Waals surface area contributed by atoms with E-state index in [1.807, 2.05) is 0 Å². The van der Waals surface area contributed by atoms with Gasteiger partial charge in [0.15, 0.2) is 0 Å². The lowest BCUT2D eigenvalue weighted by atomic mass is 9.34. The second kappa shape index (κ2) is 8.64. The molecule has 7 aromatic rings. The molecule has 0 radical (unpaired) electrons. The van der Waals surface area contributed by atoms with Crippen molar-refractivity contribution in [3.05, 3.63) is 139 Å². The maximum Gasteiger partial charge on any atom is 0.256 e. The van der Waals surface area contributed by atoms with Gasteiger partial charge in [-0.05, 0) is 84.8 Å². The van der Waals surface area contributed by atoms with Crippen LogP contribution in [0.5, 0.6) is 11.5 Å². The third-order valence-electron chi connectivity index (χ3n) is 8.92. The van der Waals surface area contributed by atoms with E-state index < -0.39 is 0 Å². The molecule has 2 aliphatic heterocycles. The summed E-state index contributed by atoms with van der Waals surface area (Å²) in [5.74, 6) is 1.84. The molecule has 0 amide bonds. The van der Waals surface area contributed by atoms with Crippen molar-refractivity contribution in [1.29, 1.82) is 0 Å². The molecule has 1 aromatic heterocycles. The largest absolute Gasteiger partial charge is 0.458 e. The Balaban J connectivity index is 1.40. The molecule has 0 unspecified atom stereocenters. The second-order valence-electron chi connectivity index (χ2n) is 11.6. The Labute approximate surface area is 245 Å². The van der Waals surface area contributed by atoms with Gasteiger partial charge in [0.25, 0.3) is 6.71 Å². The molecule has 0 N–H and O–H groups in total. The van der Waals surface area contributed by atoms with E-state index >= 15 is 0 Å². The zero-order valence-corrected chi connectivity index (χ0v) is 23.5. The van der Waals surface area contributed by atoms with Crippen LogP contribution in [0.25, 0.3) is 27.5 Å². The summed E-state index contributed by atoms with van der Waals surface area (Å²) in [6, 6.07) is 46.2. The molecule has 0 atom stereocenters. The number of ether oxygens (including phenoxy) is 1. The summed E-state index contributed by atoms with van der Waals surface area (Å²) < 4.78 is 9.19. The van der Waals surface area contributed by atoms with Gasteiger partial charge in [-0.3, -0.25) is 0 Å². The van der Waals surface area contributed by atoms with E-state index in [0.29, 0.717) is 0 Å². The minimum atomic E-state index is 0.0913. The van der Waals surface area contributed by atoms with Crippen LogP contribution in [0.3, 0.4) is 0 Å². The predicted octanol–water partition coefficient (Wildman–Crippen LogP) is 7.81. The van der Waals surface area contributed by atoms with Gasteiger partial charge in [-0.15, -0.1) is 0 Å². The van der Waals surface area contributed by atoms with Gasteiger partial charge >= 0.3 is 0 Å². The van der Waals surface area contributed by atoms with Crippen molar-refractivity contribution in [1.82, 2.24) is 4.57 Å². The summed E-state index contributed by atoms with van der Waals surface area (Å²) in [4.78, 5) is 2.41. The highest BCUT2D eigenvalue weighted by atomic mass is 16.5. The Morgan fingerprint density at radius 2 is 1.17 bits per heavy atom. The fourth-order valence-corrected chi connectivity index (χ4v) is 7.14. The van der Waals surface area contributed by atoms with E-state index in [9.17, 15) is 0 Å². The highest BCUT2D eigenvalue weighted by Crippen LogP contribution is 2.43. The standard InChI is InChI=1S/C38H27BN2O/c1-24-16-18-32-28(20-24)29-21-25(2)17-19-33(29)41(32)27-22-35-38-37(23-27)42-36-15-9-7-13-31(36)39(38)30-12-6-8-14-34(30)40(35)26-10-4-3-5-11-26/h3-23H,1-2H3. The quantitative estimate of drug-likeness (QED) is 0.209. The van der Waals surface area contributed by atoms with Crippen LogP contribution in [0.2, 0.25) is 0 Å². The number of benzene rings is 6. The first-order valence-corrected chi connectivity index (χ1v) is 14.6. The maximum atomic E-state index is 6.78. The lowest BCUT2D eigenvalue weighted by Gasteiger charge is -2.40. The third kappa shape index (κ3) is 3.24. The first-order valence-electron chi connectivity index (χ1n) is 14.6. The van der Waals surface area contributed by atoms with Crippen molar-refractivity contribution in [2.45, 2.75) is 13.8 Å². The zero-order chi connectivity index (χ0) is 27.9. The molecule has 0 aliphatic carbocycles. The fourth-order valence-electron chi connectivity index (χ4n) is 7.14. The number of aromatic nitrogens is 1. The number of rotatable bonds is 2. The fraction of sp³-hybridized carbons (Fsp3) is 0.0526. The molecular formula is C38H27BN2O. The average molecular weight is 538 g/mol. The van der Waals surface area contributed by atoms with Crippen molar-refractivity contribution in [3.8, 4) is 17.2 Å². The minimum absolute atomic E-state index is 0.0913. The van der Waals surface area contributed by atoms with E-state index in [2.05, 4.69) is 151 Å². The maximum absolute atomic E-state index is 6.78. The van der Waals surface area contributed by atoms with Crippen molar-refractivity contribution in [3.63, 3.8) is 0 Å². The lowest BCUT2D eigenvalue weighted by Crippen LogP contribution is -2.59. The van der Waals surface area contributed by atoms with Gasteiger partial charge < -0.3 is 14.2 Å². The van der Waals surface area contributed by atoms with Gasteiger partial charge in [0.1, 0.15) is 11.5 Å². The topological polar surface area (TPSA) is 17.4 Å². The van der Waals surface area contributed by atoms with Crippen LogP contribution >= 0.6 is 0 Å². The summed E-state index contributed by atoms with van der Waals surface area (Å²) in [6.07, 6.45) is 0. The van der Waals surface area contributed by atoms with Gasteiger partial charge in [0.2, 0.25) is 0 Å². The van der Waals surface area contributed by atoms with Crippen LogP contribution in [0.15, 0.2) is 127 Å². The lowest BCUT2D eigenvalue weighted by molar-refractivity contribution is 0.487. The zero-order valence-electron chi connectivity index (χ0n) is 23.5. The number of anilines is 3. The smallest absolute Gasteiger partial charge is 0.256 e. The van der Waals surface area contributed by atoms with Crippen LogP contribution in [0.1, 0.15) is 11.1 Å². The molecule has 9 rings (SSSR count). The molecule has 0 fully saturated rings. The van der Waals surface area contributed by atoms with Crippen LogP contribution in [-0.2, 0) is 0 Å². The molecule has 0 saturated heterocycles. The molecule has 42 heavy (non-hydrogen) atoms. The summed E-state index contributed by atoms with van der Waals surface area (Å²) >= 11 is 0. The Hall–Kier alpha value is -5.22. The van der Waals surface area contributed by atoms with E-state index in [0.717, 1.165) is 28.6 Å². The van der Waals surface area contributed by atoms with Gasteiger partial charge in [-0.25, -0.2) is 0 Å². The van der Waals surface area contributed by atoms with Gasteiger partial charge in [0.05, 0.1) is 16.7 Å². The Kier molecular flexibility index (Phi) is 4.83. The molecular weight excluding hydrogens is 511 g/mol. The number of hydrogen-bond donors (Lipinski definition) is 0. The molecule has 0 bridgehead atoms. The summed E-state index contributed by atoms with van der Waals surface area (Å²) in [7, 11) is 0. The average Bonchev–Trinajstić information content (AvgIpc) is 3.33. The monoisotopic (exact) mass is 538 g/mol. The molecule has 3 heterocycles. The number of nitrogens with zero attached hydrogens (tertiary/aromatic N) is 2. The number of hydrogen-bond acceptors (Lipinski definition) is 2. The normalized spacial score (nSPS) is 13.1.